The predicted molar refractivity (Wildman–Crippen MR) is 83.7 cm³/mol. The zero-order valence-electron chi connectivity index (χ0n) is 11.6. The van der Waals surface area contributed by atoms with Gasteiger partial charge in [0.2, 0.25) is 0 Å². The zero-order valence-corrected chi connectivity index (χ0v) is 11.6. The summed E-state index contributed by atoms with van der Waals surface area (Å²) in [5.74, 6) is -0.304. The number of aromatic nitrogens is 1. The lowest BCUT2D eigenvalue weighted by atomic mass is 9.99. The van der Waals surface area contributed by atoms with Gasteiger partial charge in [0.05, 0.1) is 0 Å². The number of hydrogen-bond donors (Lipinski definition) is 1. The quantitative estimate of drug-likeness (QED) is 0.669. The van der Waals surface area contributed by atoms with Crippen molar-refractivity contribution in [3.8, 4) is 0 Å². The molecule has 1 heterocycles. The minimum absolute atomic E-state index is 0.304. The van der Waals surface area contributed by atoms with Crippen molar-refractivity contribution in [3.63, 3.8) is 0 Å². The minimum Gasteiger partial charge on any atom is -0.398 e. The molecule has 0 amide bonds. The molecule has 0 atom stereocenters. The highest BCUT2D eigenvalue weighted by molar-refractivity contribution is 5.74. The Hall–Kier alpha value is -2.42. The highest BCUT2D eigenvalue weighted by Crippen LogP contribution is 2.24. The van der Waals surface area contributed by atoms with Crippen molar-refractivity contribution in [1.29, 1.82) is 0 Å². The summed E-state index contributed by atoms with van der Waals surface area (Å²) in [7, 11) is 0. The molecule has 0 saturated heterocycles. The van der Waals surface area contributed by atoms with Gasteiger partial charge in [0.25, 0.3) is 0 Å². The summed E-state index contributed by atoms with van der Waals surface area (Å²) in [6.45, 7) is 9.20. The van der Waals surface area contributed by atoms with Gasteiger partial charge in [0.15, 0.2) is 0 Å². The van der Waals surface area contributed by atoms with Crippen LogP contribution in [0.25, 0.3) is 5.57 Å². The molecule has 0 radical (unpaired) electrons. The molecular weight excluding hydrogens is 251 g/mol. The molecule has 104 valence electrons. The Labute approximate surface area is 119 Å². The third kappa shape index (κ3) is 4.69. The average molecular weight is 270 g/mol. The molecule has 0 fully saturated rings. The van der Waals surface area contributed by atoms with Crippen LogP contribution in [0.1, 0.15) is 18.1 Å². The average Bonchev–Trinajstić information content (AvgIpc) is 2.43. The third-order valence-electron chi connectivity index (χ3n) is 2.54. The van der Waals surface area contributed by atoms with Gasteiger partial charge >= 0.3 is 0 Å². The van der Waals surface area contributed by atoms with Gasteiger partial charge in [-0.2, -0.15) is 0 Å². The van der Waals surface area contributed by atoms with Crippen LogP contribution in [0, 0.1) is 5.82 Å². The first kappa shape index (κ1) is 15.6. The van der Waals surface area contributed by atoms with Crippen LogP contribution in [0.3, 0.4) is 0 Å². The Morgan fingerprint density at radius 3 is 2.70 bits per heavy atom. The lowest BCUT2D eigenvalue weighted by molar-refractivity contribution is 0.627. The van der Waals surface area contributed by atoms with E-state index in [0.29, 0.717) is 17.7 Å². The molecule has 2 aromatic rings. The van der Waals surface area contributed by atoms with Crippen molar-refractivity contribution < 1.29 is 4.39 Å². The maximum absolute atomic E-state index is 13.1. The van der Waals surface area contributed by atoms with Crippen LogP contribution in [0.5, 0.6) is 0 Å². The normalized spacial score (nSPS) is 9.30. The van der Waals surface area contributed by atoms with E-state index in [-0.39, 0.29) is 5.82 Å². The topological polar surface area (TPSA) is 38.9 Å². The van der Waals surface area contributed by atoms with Gasteiger partial charge < -0.3 is 5.73 Å². The monoisotopic (exact) mass is 270 g/mol. The van der Waals surface area contributed by atoms with E-state index >= 15 is 0 Å². The number of allylic oxidation sites excluding steroid dienone is 2. The van der Waals surface area contributed by atoms with Crippen LogP contribution in [-0.2, 0) is 6.42 Å². The minimum atomic E-state index is -0.304. The number of nitrogens with two attached hydrogens (primary N) is 1. The Morgan fingerprint density at radius 2 is 2.10 bits per heavy atom. The van der Waals surface area contributed by atoms with Gasteiger partial charge in [0.1, 0.15) is 5.82 Å². The lowest BCUT2D eigenvalue weighted by Gasteiger charge is -2.09. The van der Waals surface area contributed by atoms with E-state index < -0.39 is 0 Å². The lowest BCUT2D eigenvalue weighted by Crippen LogP contribution is -1.97. The summed E-state index contributed by atoms with van der Waals surface area (Å²) < 4.78 is 13.1. The number of halogens is 1. The van der Waals surface area contributed by atoms with Gasteiger partial charge in [0, 0.05) is 23.6 Å². The first-order valence-corrected chi connectivity index (χ1v) is 6.27. The molecule has 2 nitrogen and oxygen atoms in total. The summed E-state index contributed by atoms with van der Waals surface area (Å²) in [5, 5.41) is 0. The Bertz CT molecular complexity index is 577. The molecule has 1 aromatic heterocycles. The first-order chi connectivity index (χ1) is 9.58. The summed E-state index contributed by atoms with van der Waals surface area (Å²) in [4.78, 5) is 4.02. The number of benzene rings is 1. The van der Waals surface area contributed by atoms with E-state index in [2.05, 4.69) is 18.1 Å². The van der Waals surface area contributed by atoms with Crippen molar-refractivity contribution in [1.82, 2.24) is 4.98 Å². The molecule has 3 heteroatoms. The van der Waals surface area contributed by atoms with Gasteiger partial charge in [-0.15, -0.1) is 6.58 Å². The SMILES string of the molecule is C=C(Cc1cccnc1)c1cc(F)ccc1N.C=CC. The standard InChI is InChI=1S/C14H13FN2.C3H6/c1-10(7-11-3-2-6-17-9-11)13-8-12(15)4-5-14(13)16;1-3-2/h2-6,8-9H,1,7,16H2;3H,1H2,2H3. The maximum atomic E-state index is 13.1. The number of pyridine rings is 1. The van der Waals surface area contributed by atoms with Crippen LogP contribution in [0.4, 0.5) is 10.1 Å². The van der Waals surface area contributed by atoms with E-state index in [1.807, 2.05) is 19.1 Å². The molecule has 20 heavy (non-hydrogen) atoms. The molecular formula is C17H19FN2. The molecule has 0 spiro atoms. The van der Waals surface area contributed by atoms with Gasteiger partial charge in [-0.25, -0.2) is 4.39 Å². The fourth-order valence-corrected chi connectivity index (χ4v) is 1.68. The Balaban J connectivity index is 0.000000612. The van der Waals surface area contributed by atoms with Crippen LogP contribution in [0.2, 0.25) is 0 Å². The van der Waals surface area contributed by atoms with Crippen LogP contribution in [0.15, 0.2) is 62.0 Å². The number of nitrogen functional groups attached to an aromatic ring is 1. The summed E-state index contributed by atoms with van der Waals surface area (Å²) >= 11 is 0. The second kappa shape index (κ2) is 7.89. The number of nitrogens with zero attached hydrogens (tertiary/aromatic N) is 1. The van der Waals surface area contributed by atoms with E-state index in [0.717, 1.165) is 11.1 Å². The van der Waals surface area contributed by atoms with Crippen molar-refractivity contribution >= 4 is 11.3 Å². The van der Waals surface area contributed by atoms with E-state index in [1.54, 1.807) is 24.5 Å². The highest BCUT2D eigenvalue weighted by Gasteiger charge is 2.06. The third-order valence-corrected chi connectivity index (χ3v) is 2.54. The van der Waals surface area contributed by atoms with Gasteiger partial charge in [-0.05, 0) is 48.7 Å². The van der Waals surface area contributed by atoms with Crippen molar-refractivity contribution in [2.45, 2.75) is 13.3 Å². The second-order valence-corrected chi connectivity index (χ2v) is 4.28. The van der Waals surface area contributed by atoms with E-state index in [9.17, 15) is 4.39 Å². The molecule has 0 saturated carbocycles. The van der Waals surface area contributed by atoms with Crippen molar-refractivity contribution in [2.24, 2.45) is 0 Å². The molecule has 1 aromatic carbocycles. The molecule has 0 aliphatic rings. The second-order valence-electron chi connectivity index (χ2n) is 4.28. The Kier molecular flexibility index (Phi) is 6.17. The molecule has 0 bridgehead atoms. The number of rotatable bonds is 3. The van der Waals surface area contributed by atoms with Crippen LogP contribution < -0.4 is 5.73 Å². The summed E-state index contributed by atoms with van der Waals surface area (Å²) in [6, 6.07) is 8.12. The van der Waals surface area contributed by atoms with Crippen molar-refractivity contribution in [2.75, 3.05) is 5.73 Å². The van der Waals surface area contributed by atoms with Crippen LogP contribution in [-0.4, -0.2) is 4.98 Å². The van der Waals surface area contributed by atoms with Gasteiger partial charge in [-0.1, -0.05) is 18.7 Å². The maximum Gasteiger partial charge on any atom is 0.123 e. The fraction of sp³-hybridized carbons (Fsp3) is 0.118. The van der Waals surface area contributed by atoms with Crippen LogP contribution >= 0.6 is 0 Å². The molecule has 0 aliphatic heterocycles. The number of hydrogen-bond acceptors (Lipinski definition) is 2. The number of anilines is 1. The molecule has 2 rings (SSSR count). The summed E-state index contributed by atoms with van der Waals surface area (Å²) in [6.07, 6.45) is 5.84. The van der Waals surface area contributed by atoms with E-state index in [1.165, 1.54) is 12.1 Å². The molecule has 0 aliphatic carbocycles. The fourth-order valence-electron chi connectivity index (χ4n) is 1.68. The summed E-state index contributed by atoms with van der Waals surface area (Å²) in [5.41, 5.74) is 8.82. The van der Waals surface area contributed by atoms with Crippen molar-refractivity contribution in [3.05, 3.63) is 78.9 Å². The first-order valence-electron chi connectivity index (χ1n) is 6.27. The molecule has 0 unspecified atom stereocenters. The Morgan fingerprint density at radius 1 is 1.40 bits per heavy atom. The van der Waals surface area contributed by atoms with E-state index in [4.69, 9.17) is 5.73 Å². The van der Waals surface area contributed by atoms with Gasteiger partial charge in [-0.3, -0.25) is 4.98 Å². The molecule has 2 N–H and O–H groups in total. The largest absolute Gasteiger partial charge is 0.398 e. The zero-order chi connectivity index (χ0) is 15.0. The highest BCUT2D eigenvalue weighted by atomic mass is 19.1. The smallest absolute Gasteiger partial charge is 0.123 e. The predicted octanol–water partition coefficient (Wildman–Crippen LogP) is 4.25.